The van der Waals surface area contributed by atoms with Gasteiger partial charge in [0.1, 0.15) is 5.50 Å². The minimum absolute atomic E-state index is 0.0274. The van der Waals surface area contributed by atoms with Gasteiger partial charge in [-0.05, 0) is 33.5 Å². The summed E-state index contributed by atoms with van der Waals surface area (Å²) in [6.07, 6.45) is 1.74. The number of hydrogen-bond donors (Lipinski definition) is 5. The van der Waals surface area contributed by atoms with E-state index in [9.17, 15) is 9.59 Å². The molecule has 6 nitrogen and oxygen atoms in total. The number of carbonyl (C=O) groups excluding carboxylic acids is 1. The van der Waals surface area contributed by atoms with E-state index >= 15 is 0 Å². The van der Waals surface area contributed by atoms with Gasteiger partial charge in [-0.1, -0.05) is 6.07 Å². The Balaban J connectivity index is 2.09. The molecule has 1 aromatic carbocycles. The van der Waals surface area contributed by atoms with E-state index in [0.29, 0.717) is 4.47 Å². The summed E-state index contributed by atoms with van der Waals surface area (Å²) in [6, 6.07) is 4.21. The van der Waals surface area contributed by atoms with Crippen molar-refractivity contribution < 1.29 is 14.7 Å². The van der Waals surface area contributed by atoms with Crippen molar-refractivity contribution in [3.8, 4) is 0 Å². The first-order valence-electron chi connectivity index (χ1n) is 5.28. The molecule has 2 rings (SSSR count). The SMILES string of the molecule is O=C(Nc1c(Br)cccc1C(=O)O)NC1NC=C[SH]1. The number of amides is 2. The van der Waals surface area contributed by atoms with Gasteiger partial charge in [-0.2, -0.15) is 11.8 Å². The van der Waals surface area contributed by atoms with Crippen molar-refractivity contribution in [1.29, 1.82) is 0 Å². The molecule has 0 aliphatic carbocycles. The Morgan fingerprint density at radius 3 is 2.84 bits per heavy atom. The van der Waals surface area contributed by atoms with Gasteiger partial charge < -0.3 is 21.1 Å². The molecular weight excluding hydrogens is 334 g/mol. The molecule has 1 aromatic rings. The van der Waals surface area contributed by atoms with E-state index in [4.69, 9.17) is 5.11 Å². The zero-order valence-corrected chi connectivity index (χ0v) is 12.0. The van der Waals surface area contributed by atoms with Crippen LogP contribution >= 0.6 is 27.7 Å². The molecule has 0 aromatic heterocycles. The van der Waals surface area contributed by atoms with Crippen LogP contribution in [0.3, 0.4) is 0 Å². The van der Waals surface area contributed by atoms with E-state index in [1.54, 1.807) is 18.3 Å². The number of halogens is 1. The van der Waals surface area contributed by atoms with E-state index in [1.807, 2.05) is 5.41 Å². The van der Waals surface area contributed by atoms with E-state index < -0.39 is 12.0 Å². The first-order chi connectivity index (χ1) is 9.08. The maximum atomic E-state index is 11.8. The van der Waals surface area contributed by atoms with Crippen LogP contribution in [-0.4, -0.2) is 22.6 Å². The van der Waals surface area contributed by atoms with Crippen LogP contribution in [0.4, 0.5) is 10.5 Å². The number of nitrogens with one attached hydrogen (secondary N) is 3. The lowest BCUT2D eigenvalue weighted by molar-refractivity contribution is 0.0698. The average Bonchev–Trinajstić information content (AvgIpc) is 2.84. The summed E-state index contributed by atoms with van der Waals surface area (Å²) >= 11 is 4.15. The standard InChI is InChI=1S/C11H11BrN3O3S/c12-7-3-1-2-6(9(16)17)8(7)14-10(18)15-11-13-4-5-19-11/h1-5,11,13,19H,(H,16,17)(H2,14,15,18). The van der Waals surface area contributed by atoms with E-state index in [1.165, 1.54) is 6.07 Å². The normalized spacial score (nSPS) is 16.8. The highest BCUT2D eigenvalue weighted by Gasteiger charge is 2.17. The Morgan fingerprint density at radius 2 is 2.21 bits per heavy atom. The van der Waals surface area contributed by atoms with Crippen molar-refractivity contribution >= 4 is 45.4 Å². The van der Waals surface area contributed by atoms with Gasteiger partial charge in [0.15, 0.2) is 0 Å². The molecule has 0 bridgehead atoms. The predicted octanol–water partition coefficient (Wildman–Crippen LogP) is 2.09. The molecule has 1 atom stereocenters. The number of urea groups is 1. The Kier molecular flexibility index (Phi) is 4.33. The molecule has 101 valence electrons. The predicted molar refractivity (Wildman–Crippen MR) is 78.3 cm³/mol. The largest absolute Gasteiger partial charge is 0.478 e. The maximum absolute atomic E-state index is 11.8. The van der Waals surface area contributed by atoms with Crippen LogP contribution in [0, 0.1) is 0 Å². The zero-order chi connectivity index (χ0) is 13.8. The number of carboxylic acids is 1. The van der Waals surface area contributed by atoms with Crippen LogP contribution in [0.2, 0.25) is 0 Å². The van der Waals surface area contributed by atoms with Crippen molar-refractivity contribution in [2.45, 2.75) is 5.50 Å². The van der Waals surface area contributed by atoms with Gasteiger partial charge in [-0.25, -0.2) is 9.59 Å². The fourth-order valence-electron chi connectivity index (χ4n) is 1.49. The lowest BCUT2D eigenvalue weighted by atomic mass is 10.2. The first-order valence-corrected chi connectivity index (χ1v) is 7.11. The molecule has 2 amide bonds. The molecule has 19 heavy (non-hydrogen) atoms. The van der Waals surface area contributed by atoms with Crippen LogP contribution < -0.4 is 16.0 Å². The van der Waals surface area contributed by atoms with Gasteiger partial charge in [0.2, 0.25) is 0 Å². The van der Waals surface area contributed by atoms with E-state index in [2.05, 4.69) is 31.9 Å². The molecule has 8 heteroatoms. The molecule has 1 radical (unpaired) electrons. The third-order valence-corrected chi connectivity index (χ3v) is 3.87. The molecule has 1 unspecified atom stereocenters. The molecule has 4 N–H and O–H groups in total. The minimum Gasteiger partial charge on any atom is -0.478 e. The Hall–Kier alpha value is -1.67. The fourth-order valence-corrected chi connectivity index (χ4v) is 2.66. The topological polar surface area (TPSA) is 90.5 Å². The fraction of sp³-hybridized carbons (Fsp3) is 0.0909. The molecule has 1 aliphatic heterocycles. The minimum atomic E-state index is -1.10. The van der Waals surface area contributed by atoms with Crippen LogP contribution in [0.5, 0.6) is 0 Å². The molecule has 0 spiro atoms. The summed E-state index contributed by atoms with van der Waals surface area (Å²) in [5, 5.41) is 19.1. The summed E-state index contributed by atoms with van der Waals surface area (Å²) in [5.74, 6) is -1.10. The van der Waals surface area contributed by atoms with E-state index in [-0.39, 0.29) is 16.7 Å². The number of thiol groups is 1. The second-order valence-corrected chi connectivity index (χ2v) is 5.57. The van der Waals surface area contributed by atoms with Crippen molar-refractivity contribution in [1.82, 2.24) is 10.6 Å². The maximum Gasteiger partial charge on any atom is 0.337 e. The Labute approximate surface area is 121 Å². The van der Waals surface area contributed by atoms with Crippen LogP contribution in [0.1, 0.15) is 10.4 Å². The lowest BCUT2D eigenvalue weighted by Gasteiger charge is -2.15. The highest BCUT2D eigenvalue weighted by atomic mass is 79.9. The molecule has 0 fully saturated rings. The highest BCUT2D eigenvalue weighted by molar-refractivity contribution is 9.10. The zero-order valence-electron chi connectivity index (χ0n) is 9.55. The van der Waals surface area contributed by atoms with Gasteiger partial charge in [-0.3, -0.25) is 0 Å². The Bertz CT molecular complexity index is 542. The van der Waals surface area contributed by atoms with Gasteiger partial charge >= 0.3 is 12.0 Å². The smallest absolute Gasteiger partial charge is 0.337 e. The lowest BCUT2D eigenvalue weighted by Crippen LogP contribution is -2.41. The van der Waals surface area contributed by atoms with Gasteiger partial charge in [-0.15, -0.1) is 0 Å². The third kappa shape index (κ3) is 3.42. The van der Waals surface area contributed by atoms with Gasteiger partial charge in [0.05, 0.1) is 11.3 Å². The summed E-state index contributed by atoms with van der Waals surface area (Å²) in [5.41, 5.74) is 0.0606. The molecular formula is C11H11BrN3O3S. The van der Waals surface area contributed by atoms with E-state index in [0.717, 1.165) is 11.8 Å². The second-order valence-electron chi connectivity index (χ2n) is 3.60. The van der Waals surface area contributed by atoms with Gasteiger partial charge in [0.25, 0.3) is 0 Å². The van der Waals surface area contributed by atoms with Gasteiger partial charge in [0, 0.05) is 10.7 Å². The van der Waals surface area contributed by atoms with Crippen LogP contribution in [0.15, 0.2) is 34.3 Å². The quantitative estimate of drug-likeness (QED) is 0.543. The third-order valence-electron chi connectivity index (χ3n) is 2.31. The first kappa shape index (κ1) is 13.8. The number of hydrogen-bond acceptors (Lipinski definition) is 3. The average molecular weight is 345 g/mol. The van der Waals surface area contributed by atoms with Crippen LogP contribution in [0.25, 0.3) is 0 Å². The van der Waals surface area contributed by atoms with Crippen molar-refractivity contribution in [3.63, 3.8) is 0 Å². The second kappa shape index (κ2) is 5.98. The Morgan fingerprint density at radius 1 is 1.42 bits per heavy atom. The number of para-hydroxylation sites is 1. The molecule has 0 saturated heterocycles. The number of benzene rings is 1. The summed E-state index contributed by atoms with van der Waals surface area (Å²) in [7, 11) is 0. The monoisotopic (exact) mass is 344 g/mol. The molecule has 1 heterocycles. The number of carboxylic acid groups (broad SMARTS) is 1. The number of anilines is 1. The number of carbonyl (C=O) groups is 2. The summed E-state index contributed by atoms with van der Waals surface area (Å²) < 4.78 is 0.512. The molecule has 1 aliphatic rings. The summed E-state index contributed by atoms with van der Waals surface area (Å²) in [6.45, 7) is 0. The number of rotatable bonds is 3. The van der Waals surface area contributed by atoms with Crippen molar-refractivity contribution in [2.24, 2.45) is 0 Å². The van der Waals surface area contributed by atoms with Crippen molar-refractivity contribution in [3.05, 3.63) is 39.8 Å². The van der Waals surface area contributed by atoms with Crippen LogP contribution in [-0.2, 0) is 0 Å². The molecule has 0 saturated carbocycles. The summed E-state index contributed by atoms with van der Waals surface area (Å²) in [4.78, 5) is 22.9. The highest BCUT2D eigenvalue weighted by Crippen LogP contribution is 2.26. The van der Waals surface area contributed by atoms with Crippen molar-refractivity contribution in [2.75, 3.05) is 5.32 Å². The number of aromatic carboxylic acids is 1.